The van der Waals surface area contributed by atoms with Crippen LogP contribution in [-0.4, -0.2) is 329 Å². The molecular formula is C88H120N18O21S. The predicted octanol–water partition coefficient (Wildman–Crippen LogP) is -2.09. The molecule has 18 atom stereocenters. The molecule has 0 aliphatic carbocycles. The summed E-state index contributed by atoms with van der Waals surface area (Å²) in [5.41, 5.74) is 3.66. The fourth-order valence-electron chi connectivity index (χ4n) is 14.6. The number of fused-ring (bicyclic) bond motifs is 1. The highest BCUT2D eigenvalue weighted by Gasteiger charge is 2.45. The minimum Gasteiger partial charge on any atom is -0.508 e. The van der Waals surface area contributed by atoms with Gasteiger partial charge in [-0.2, -0.15) is 0 Å². The number of phenols is 1. The molecule has 2 aromatic heterocycles. The smallest absolute Gasteiger partial charge is 0.305 e. The first-order chi connectivity index (χ1) is 60.6. The number of aldehydes is 2. The Bertz CT molecular complexity index is 4800. The lowest BCUT2D eigenvalue weighted by Gasteiger charge is -2.40. The minimum absolute atomic E-state index is 0.00834. The summed E-state index contributed by atoms with van der Waals surface area (Å²) in [5.74, 6) is -13.5. The zero-order chi connectivity index (χ0) is 94.5. The van der Waals surface area contributed by atoms with E-state index < -0.39 is 223 Å². The number of aliphatic hydroxyl groups excluding tert-OH is 3. The number of amides is 13. The Kier molecular flexibility index (Phi) is 39.3. The maximum absolute atomic E-state index is 15.2. The SMILES string of the molecule is CNC(Cc1cnc[nH]1)C(=O)NC(Cc1ccc(O)cc1)C(=O)NC(C(=O)NC(C(=O)N1CC(O)CC1C(=O)NC(C)C(=O)NC(C=O)CSCC(=O)NC(Cc1c[nH]c2ccccc12)C(=O)NC(C(=O)N(C)CC(=O)NC(CC(=O)O)C(C)N(C)C(Cc1ccccc1)C(=O)N(C)C(Cc1ccccc1)C(=O)NC(C)C(=O)N(C)C(C)C=O)C(C)O)C(C)C)C(C)O. The molecule has 7 rings (SSSR count). The van der Waals surface area contributed by atoms with Crippen LogP contribution in [-0.2, 0) is 109 Å². The molecule has 4 aromatic carbocycles. The van der Waals surface area contributed by atoms with Crippen LogP contribution in [0.3, 0.4) is 0 Å². The zero-order valence-electron chi connectivity index (χ0n) is 73.9. The van der Waals surface area contributed by atoms with Gasteiger partial charge in [0.2, 0.25) is 76.8 Å². The number of thioether (sulfide) groups is 1. The third-order valence-corrected chi connectivity index (χ3v) is 23.5. The molecule has 1 fully saturated rings. The van der Waals surface area contributed by atoms with Crippen molar-refractivity contribution in [1.82, 2.24) is 92.6 Å². The largest absolute Gasteiger partial charge is 0.508 e. The first kappa shape index (κ1) is 103. The van der Waals surface area contributed by atoms with Gasteiger partial charge in [-0.15, -0.1) is 11.8 Å². The second-order valence-corrected chi connectivity index (χ2v) is 33.6. The van der Waals surface area contributed by atoms with E-state index in [2.05, 4.69) is 68.1 Å². The van der Waals surface area contributed by atoms with Crippen LogP contribution in [0.4, 0.5) is 0 Å². The molecule has 18 unspecified atom stereocenters. The van der Waals surface area contributed by atoms with Gasteiger partial charge in [0.15, 0.2) is 0 Å². The van der Waals surface area contributed by atoms with Gasteiger partial charge < -0.3 is 118 Å². The first-order valence-electron chi connectivity index (χ1n) is 42.0. The average molecular weight is 1800 g/mol. The van der Waals surface area contributed by atoms with Crippen LogP contribution in [0.5, 0.6) is 5.75 Å². The lowest BCUT2D eigenvalue weighted by atomic mass is 9.97. The van der Waals surface area contributed by atoms with Gasteiger partial charge in [-0.25, -0.2) is 4.98 Å². The number of para-hydroxylation sites is 1. The third-order valence-electron chi connectivity index (χ3n) is 22.4. The van der Waals surface area contributed by atoms with Crippen LogP contribution in [0.25, 0.3) is 10.9 Å². The average Bonchev–Trinajstić information content (AvgIpc) is 1.72. The number of nitrogens with zero attached hydrogens (tertiary/aromatic N) is 6. The number of aliphatic carboxylic acids is 1. The van der Waals surface area contributed by atoms with Gasteiger partial charge in [0.1, 0.15) is 72.7 Å². The number of aromatic amines is 2. The molecule has 6 aromatic rings. The number of carboxylic acid groups (broad SMARTS) is 1. The number of imidazole rings is 1. The number of phenolic OH excluding ortho intramolecular Hbond substituents is 1. The topological polar surface area (TPSA) is 555 Å². The fourth-order valence-corrected chi connectivity index (χ4v) is 15.4. The van der Waals surface area contributed by atoms with Gasteiger partial charge in [0.25, 0.3) is 0 Å². The molecule has 17 N–H and O–H groups in total. The molecule has 40 heteroatoms. The molecule has 3 heterocycles. The Morgan fingerprint density at radius 2 is 1.14 bits per heavy atom. The molecule has 39 nitrogen and oxygen atoms in total. The molecular weight excluding hydrogens is 1680 g/mol. The summed E-state index contributed by atoms with van der Waals surface area (Å²) in [4.78, 5) is 238. The number of β-amino-alcohol motifs (C(OH)–C–C–N with tert-alkyl or cyclic N) is 1. The van der Waals surface area contributed by atoms with E-state index in [1.54, 1.807) is 131 Å². The number of aromatic hydroxyl groups is 1. The van der Waals surface area contributed by atoms with E-state index in [1.165, 1.54) is 102 Å². The molecule has 694 valence electrons. The number of nitrogens with one attached hydrogen (secondary N) is 12. The maximum atomic E-state index is 15.2. The number of aliphatic hydroxyl groups is 3. The number of aromatic nitrogens is 3. The molecule has 128 heavy (non-hydrogen) atoms. The highest BCUT2D eigenvalue weighted by molar-refractivity contribution is 8.00. The van der Waals surface area contributed by atoms with Crippen LogP contribution in [0.2, 0.25) is 0 Å². The Morgan fingerprint density at radius 3 is 1.72 bits per heavy atom. The Hall–Kier alpha value is -12.5. The molecule has 0 saturated carbocycles. The van der Waals surface area contributed by atoms with Crippen LogP contribution >= 0.6 is 11.8 Å². The number of hydrogen-bond donors (Lipinski definition) is 17. The number of benzene rings is 4. The number of hydrogen-bond acceptors (Lipinski definition) is 24. The summed E-state index contributed by atoms with van der Waals surface area (Å²) in [6.45, 7) is 10.2. The van der Waals surface area contributed by atoms with Crippen molar-refractivity contribution >= 4 is 118 Å². The number of likely N-dealkylation sites (N-methyl/N-ethyl adjacent to an activating group) is 5. The number of carboxylic acids is 1. The first-order valence-corrected chi connectivity index (χ1v) is 43.1. The molecule has 1 aliphatic heterocycles. The number of likely N-dealkylation sites (tertiary alicyclic amines) is 1. The number of rotatable bonds is 49. The van der Waals surface area contributed by atoms with E-state index in [0.717, 1.165) is 21.6 Å². The Labute approximate surface area is 745 Å². The number of carbonyl (C=O) groups is 16. The van der Waals surface area contributed by atoms with Gasteiger partial charge >= 0.3 is 5.97 Å². The van der Waals surface area contributed by atoms with Crippen molar-refractivity contribution in [3.05, 3.63) is 156 Å². The second kappa shape index (κ2) is 49.0. The van der Waals surface area contributed by atoms with Crippen molar-refractivity contribution in [2.75, 3.05) is 59.8 Å². The summed E-state index contributed by atoms with van der Waals surface area (Å²) in [6.07, 6.45) is -0.170. The predicted molar refractivity (Wildman–Crippen MR) is 471 cm³/mol. The van der Waals surface area contributed by atoms with Crippen molar-refractivity contribution in [3.63, 3.8) is 0 Å². The quantitative estimate of drug-likeness (QED) is 0.0182. The van der Waals surface area contributed by atoms with E-state index in [4.69, 9.17) is 0 Å². The summed E-state index contributed by atoms with van der Waals surface area (Å²) in [6, 6.07) is 11.2. The highest BCUT2D eigenvalue weighted by Crippen LogP contribution is 2.25. The minimum atomic E-state index is -1.78. The van der Waals surface area contributed by atoms with Gasteiger partial charge in [-0.1, -0.05) is 105 Å². The van der Waals surface area contributed by atoms with E-state index in [0.29, 0.717) is 51.4 Å². The van der Waals surface area contributed by atoms with Gasteiger partial charge in [0, 0.05) is 101 Å². The lowest BCUT2D eigenvalue weighted by Crippen LogP contribution is -2.62. The van der Waals surface area contributed by atoms with Gasteiger partial charge in [-0.05, 0) is 108 Å². The van der Waals surface area contributed by atoms with E-state index in [-0.39, 0.29) is 50.0 Å². The van der Waals surface area contributed by atoms with Crippen molar-refractivity contribution in [3.8, 4) is 5.75 Å². The van der Waals surface area contributed by atoms with Crippen LogP contribution < -0.4 is 53.2 Å². The third kappa shape index (κ3) is 29.5. The van der Waals surface area contributed by atoms with Crippen molar-refractivity contribution in [1.29, 1.82) is 0 Å². The molecule has 0 radical (unpaired) electrons. The van der Waals surface area contributed by atoms with Crippen LogP contribution in [0.1, 0.15) is 96.2 Å². The number of H-pyrrole nitrogens is 2. The Morgan fingerprint density at radius 1 is 0.562 bits per heavy atom. The molecule has 0 bridgehead atoms. The van der Waals surface area contributed by atoms with Crippen LogP contribution in [0.15, 0.2) is 128 Å². The van der Waals surface area contributed by atoms with E-state index in [9.17, 15) is 97.5 Å². The van der Waals surface area contributed by atoms with Crippen LogP contribution in [0, 0.1) is 5.92 Å². The van der Waals surface area contributed by atoms with Gasteiger partial charge in [0.05, 0.1) is 73.6 Å². The summed E-state index contributed by atoms with van der Waals surface area (Å²) in [7, 11) is 7.14. The van der Waals surface area contributed by atoms with Crippen molar-refractivity contribution in [2.45, 2.75) is 209 Å². The molecule has 0 spiro atoms. The second-order valence-electron chi connectivity index (χ2n) is 32.6. The summed E-state index contributed by atoms with van der Waals surface area (Å²) >= 11 is 0.856. The fraction of sp³-hybridized carbons (Fsp3) is 0.489. The van der Waals surface area contributed by atoms with E-state index in [1.807, 2.05) is 0 Å². The van der Waals surface area contributed by atoms with E-state index >= 15 is 4.79 Å². The monoisotopic (exact) mass is 1800 g/mol. The summed E-state index contributed by atoms with van der Waals surface area (Å²) < 4.78 is 0. The standard InChI is InChI=1S/C88H120N18O21S/c1-48(2)75(99-84(123)76(53(7)109)100-80(119)67(32-57-28-30-61(111)31-29-57)98-79(118)66(89-9)36-59-40-90-47-92-59)88(127)106-41-62(112)37-70(106)83(122)93-50(4)78(117)95-60(44-108)45-128-46-73(114)97-68(35-58-39-91-64-27-21-20-26-63(58)64)81(120)101-77(54(8)110)87(126)102(10)42-72(113)96-65(38-74(115)116)52(6)104(12)71(34-56-24-18-15-19-25-56)86(125)105(13)69(33-55-22-16-14-17-23-55)82(121)94-51(5)85(124)103(11)49(3)43-107/h14-31,39-40,43-44,47-54,60,62,65-71,75-77,89,91,109-112H,32-38,41-42,45-46H2,1-13H3,(H,90,92)(H,93,122)(H,94,121)(H,95,117)(H,96,113)(H,97,114)(H,98,118)(H,99,123)(H,100,119)(H,101,120)(H,115,116). The van der Waals surface area contributed by atoms with Crippen molar-refractivity contribution < 1.29 is 102 Å². The normalized spacial score (nSPS) is 16.9. The molecule has 1 aliphatic rings. The maximum Gasteiger partial charge on any atom is 0.305 e. The Balaban J connectivity index is 0.972. The van der Waals surface area contributed by atoms with Crippen molar-refractivity contribution in [2.24, 2.45) is 5.92 Å². The lowest BCUT2D eigenvalue weighted by molar-refractivity contribution is -0.145. The number of carbonyl (C=O) groups excluding carboxylic acids is 15. The zero-order valence-corrected chi connectivity index (χ0v) is 74.7. The highest BCUT2D eigenvalue weighted by atomic mass is 32.2. The molecule has 13 amide bonds. The van der Waals surface area contributed by atoms with Gasteiger partial charge in [-0.3, -0.25) is 72.0 Å². The molecule has 1 saturated heterocycles. The summed E-state index contributed by atoms with van der Waals surface area (Å²) in [5, 5.41) is 80.4.